The number of anilines is 2. The fourth-order valence-electron chi connectivity index (χ4n) is 5.99. The maximum atomic E-state index is 11.7. The van der Waals surface area contributed by atoms with Crippen molar-refractivity contribution in [2.45, 2.75) is 58.4 Å². The van der Waals surface area contributed by atoms with Crippen LogP contribution in [0.3, 0.4) is 0 Å². The standard InChI is InChI=1S/C29H33N5O2/c1-18-13-23(19(2)31-24-12-8-7-11-22(24)29(35)36)27-25(14-18)32-26(15-30)28(33-27)34-16-20-9-5-3-4-6-10-21(20)17-34/h7-8,11-14,19-21,31H,3-6,9-10,16-17H2,1-2H3,(H,35,36)/t19-,20?,21?/m1/s1. The van der Waals surface area contributed by atoms with Gasteiger partial charge in [-0.05, 0) is 62.3 Å². The molecule has 0 radical (unpaired) electrons. The lowest BCUT2D eigenvalue weighted by Crippen LogP contribution is -2.23. The lowest BCUT2D eigenvalue weighted by atomic mass is 9.84. The van der Waals surface area contributed by atoms with Crippen LogP contribution in [0.15, 0.2) is 36.4 Å². The van der Waals surface area contributed by atoms with Crippen LogP contribution in [-0.4, -0.2) is 34.1 Å². The number of carboxylic acid groups (broad SMARTS) is 1. The normalized spacial score (nSPS) is 20.8. The van der Waals surface area contributed by atoms with Gasteiger partial charge in [-0.15, -0.1) is 0 Å². The van der Waals surface area contributed by atoms with Crippen molar-refractivity contribution in [1.29, 1.82) is 5.26 Å². The number of fused-ring (bicyclic) bond motifs is 2. The van der Waals surface area contributed by atoms with Gasteiger partial charge in [0.05, 0.1) is 22.6 Å². The van der Waals surface area contributed by atoms with Gasteiger partial charge in [-0.3, -0.25) is 0 Å². The molecule has 0 amide bonds. The summed E-state index contributed by atoms with van der Waals surface area (Å²) >= 11 is 0. The number of hydrogen-bond donors (Lipinski definition) is 2. The number of nitriles is 1. The van der Waals surface area contributed by atoms with E-state index < -0.39 is 5.97 Å². The Hall–Kier alpha value is -3.66. The largest absolute Gasteiger partial charge is 0.478 e. The summed E-state index contributed by atoms with van der Waals surface area (Å²) in [6, 6.07) is 13.1. The molecular weight excluding hydrogens is 450 g/mol. The molecule has 7 heteroatoms. The van der Waals surface area contributed by atoms with Gasteiger partial charge in [0.15, 0.2) is 11.5 Å². The summed E-state index contributed by atoms with van der Waals surface area (Å²) in [4.78, 5) is 23.8. The first kappa shape index (κ1) is 24.1. The molecule has 1 aromatic heterocycles. The third kappa shape index (κ3) is 4.73. The van der Waals surface area contributed by atoms with E-state index in [4.69, 9.17) is 9.97 Å². The van der Waals surface area contributed by atoms with E-state index in [1.54, 1.807) is 18.2 Å². The molecule has 2 unspecified atom stereocenters. The van der Waals surface area contributed by atoms with Crippen molar-refractivity contribution in [3.05, 3.63) is 58.8 Å². The SMILES string of the molecule is Cc1cc([C@@H](C)Nc2ccccc2C(=O)O)c2nc(N3CC4CCCCCCC4C3)c(C#N)nc2c1. The van der Waals surface area contributed by atoms with E-state index >= 15 is 0 Å². The number of nitrogens with zero attached hydrogens (tertiary/aromatic N) is 4. The maximum absolute atomic E-state index is 11.7. The molecule has 3 aromatic rings. The maximum Gasteiger partial charge on any atom is 0.337 e. The Bertz CT molecular complexity index is 1320. The van der Waals surface area contributed by atoms with Crippen molar-refractivity contribution in [3.63, 3.8) is 0 Å². The third-order valence-corrected chi connectivity index (χ3v) is 7.80. The lowest BCUT2D eigenvalue weighted by molar-refractivity contribution is 0.0698. The Morgan fingerprint density at radius 1 is 1.11 bits per heavy atom. The van der Waals surface area contributed by atoms with E-state index in [0.717, 1.165) is 29.7 Å². The fourth-order valence-corrected chi connectivity index (χ4v) is 5.99. The Morgan fingerprint density at radius 2 is 1.81 bits per heavy atom. The van der Waals surface area contributed by atoms with E-state index in [1.165, 1.54) is 38.5 Å². The highest BCUT2D eigenvalue weighted by Crippen LogP contribution is 2.38. The number of hydrogen-bond acceptors (Lipinski definition) is 6. The van der Waals surface area contributed by atoms with E-state index in [-0.39, 0.29) is 11.6 Å². The average Bonchev–Trinajstić information content (AvgIpc) is 3.24. The molecule has 2 N–H and O–H groups in total. The zero-order chi connectivity index (χ0) is 25.2. The molecule has 0 bridgehead atoms. The summed E-state index contributed by atoms with van der Waals surface area (Å²) < 4.78 is 0. The van der Waals surface area contributed by atoms with Crippen LogP contribution in [0.25, 0.3) is 11.0 Å². The number of carbonyl (C=O) groups is 1. The van der Waals surface area contributed by atoms with E-state index in [0.29, 0.717) is 34.6 Å². The number of para-hydroxylation sites is 1. The Labute approximate surface area is 212 Å². The van der Waals surface area contributed by atoms with Crippen LogP contribution in [0.5, 0.6) is 0 Å². The van der Waals surface area contributed by atoms with Gasteiger partial charge in [0.2, 0.25) is 0 Å². The number of rotatable bonds is 5. The molecule has 2 heterocycles. The molecule has 0 spiro atoms. The van der Waals surface area contributed by atoms with Crippen LogP contribution >= 0.6 is 0 Å². The Balaban J connectivity index is 1.53. The number of aromatic nitrogens is 2. The van der Waals surface area contributed by atoms with Gasteiger partial charge in [0.25, 0.3) is 0 Å². The van der Waals surface area contributed by atoms with Crippen molar-refractivity contribution in [3.8, 4) is 6.07 Å². The number of nitrogens with one attached hydrogen (secondary N) is 1. The molecule has 2 fully saturated rings. The first-order valence-electron chi connectivity index (χ1n) is 13.0. The smallest absolute Gasteiger partial charge is 0.337 e. The number of benzene rings is 2. The first-order chi connectivity index (χ1) is 17.4. The summed E-state index contributed by atoms with van der Waals surface area (Å²) in [6.07, 6.45) is 7.71. The third-order valence-electron chi connectivity index (χ3n) is 7.80. The monoisotopic (exact) mass is 483 g/mol. The second-order valence-electron chi connectivity index (χ2n) is 10.4. The fraction of sp³-hybridized carbons (Fsp3) is 0.448. The van der Waals surface area contributed by atoms with Crippen molar-refractivity contribution in [2.75, 3.05) is 23.3 Å². The molecule has 3 atom stereocenters. The van der Waals surface area contributed by atoms with Gasteiger partial charge in [-0.2, -0.15) is 5.26 Å². The van der Waals surface area contributed by atoms with Crippen LogP contribution in [-0.2, 0) is 0 Å². The van der Waals surface area contributed by atoms with Crippen molar-refractivity contribution in [1.82, 2.24) is 9.97 Å². The number of aromatic carboxylic acids is 1. The molecule has 1 saturated carbocycles. The molecule has 36 heavy (non-hydrogen) atoms. The minimum atomic E-state index is -0.970. The summed E-state index contributed by atoms with van der Waals surface area (Å²) in [6.45, 7) is 5.87. The summed E-state index contributed by atoms with van der Waals surface area (Å²) in [5, 5.41) is 22.9. The molecule has 186 valence electrons. The van der Waals surface area contributed by atoms with Gasteiger partial charge in [-0.1, -0.05) is 43.9 Å². The molecule has 2 aliphatic rings. The summed E-state index contributed by atoms with van der Waals surface area (Å²) in [7, 11) is 0. The molecule has 1 saturated heterocycles. The second-order valence-corrected chi connectivity index (χ2v) is 10.4. The van der Waals surface area contributed by atoms with Crippen molar-refractivity contribution < 1.29 is 9.90 Å². The van der Waals surface area contributed by atoms with Gasteiger partial charge < -0.3 is 15.3 Å². The number of carboxylic acids is 1. The lowest BCUT2D eigenvalue weighted by Gasteiger charge is -2.22. The molecule has 1 aliphatic carbocycles. The van der Waals surface area contributed by atoms with Crippen molar-refractivity contribution in [2.24, 2.45) is 11.8 Å². The first-order valence-corrected chi connectivity index (χ1v) is 13.0. The summed E-state index contributed by atoms with van der Waals surface area (Å²) in [5.74, 6) is 1.02. The van der Waals surface area contributed by atoms with Gasteiger partial charge in [0.1, 0.15) is 6.07 Å². The predicted octanol–water partition coefficient (Wildman–Crippen LogP) is 6.09. The highest BCUT2D eigenvalue weighted by molar-refractivity contribution is 5.94. The summed E-state index contributed by atoms with van der Waals surface area (Å²) in [5.41, 5.74) is 4.57. The van der Waals surface area contributed by atoms with Crippen LogP contribution in [0.4, 0.5) is 11.5 Å². The van der Waals surface area contributed by atoms with Crippen LogP contribution < -0.4 is 10.2 Å². The highest BCUT2D eigenvalue weighted by Gasteiger charge is 2.35. The Kier molecular flexibility index (Phi) is 6.77. The van der Waals surface area contributed by atoms with Crippen LogP contribution in [0.2, 0.25) is 0 Å². The molecule has 7 nitrogen and oxygen atoms in total. The minimum Gasteiger partial charge on any atom is -0.478 e. The Morgan fingerprint density at radius 3 is 2.47 bits per heavy atom. The van der Waals surface area contributed by atoms with Gasteiger partial charge in [0, 0.05) is 24.3 Å². The average molecular weight is 484 g/mol. The zero-order valence-electron chi connectivity index (χ0n) is 21.0. The van der Waals surface area contributed by atoms with Gasteiger partial charge >= 0.3 is 5.97 Å². The van der Waals surface area contributed by atoms with E-state index in [9.17, 15) is 15.2 Å². The molecule has 1 aliphatic heterocycles. The second kappa shape index (κ2) is 10.1. The van der Waals surface area contributed by atoms with Crippen LogP contribution in [0.1, 0.15) is 78.7 Å². The van der Waals surface area contributed by atoms with Crippen LogP contribution in [0, 0.1) is 30.1 Å². The molecule has 5 rings (SSSR count). The molecular formula is C29H33N5O2. The van der Waals surface area contributed by atoms with E-state index in [1.807, 2.05) is 26.0 Å². The predicted molar refractivity (Wildman–Crippen MR) is 141 cm³/mol. The van der Waals surface area contributed by atoms with Gasteiger partial charge in [-0.25, -0.2) is 14.8 Å². The molecule has 2 aromatic carbocycles. The topological polar surface area (TPSA) is 102 Å². The number of aryl methyl sites for hydroxylation is 1. The van der Waals surface area contributed by atoms with E-state index in [2.05, 4.69) is 22.4 Å². The van der Waals surface area contributed by atoms with Crippen molar-refractivity contribution >= 4 is 28.5 Å². The zero-order valence-corrected chi connectivity index (χ0v) is 21.0. The quantitative estimate of drug-likeness (QED) is 0.453. The minimum absolute atomic E-state index is 0.212. The highest BCUT2D eigenvalue weighted by atomic mass is 16.4.